The topological polar surface area (TPSA) is 107 Å². The van der Waals surface area contributed by atoms with Crippen molar-refractivity contribution in [1.82, 2.24) is 10.3 Å². The van der Waals surface area contributed by atoms with Gasteiger partial charge in [-0.3, -0.25) is 9.78 Å². The van der Waals surface area contributed by atoms with Gasteiger partial charge < -0.3 is 5.32 Å². The zero-order valence-corrected chi connectivity index (χ0v) is 18.7. The van der Waals surface area contributed by atoms with Crippen molar-refractivity contribution >= 4 is 25.1 Å². The van der Waals surface area contributed by atoms with E-state index in [0.717, 1.165) is 33.2 Å². The van der Waals surface area contributed by atoms with Gasteiger partial charge in [0.15, 0.2) is 0 Å². The summed E-state index contributed by atoms with van der Waals surface area (Å²) in [7, 11) is -0.788. The first-order valence-electron chi connectivity index (χ1n) is 10.3. The largest absolute Gasteiger partial charge is 0.697 e. The number of hydrogen-bond acceptors (Lipinski definition) is 7. The Hall–Kier alpha value is -3.06. The minimum absolute atomic E-state index is 0.138. The van der Waals surface area contributed by atoms with Crippen LogP contribution in [0.5, 0.6) is 0 Å². The van der Waals surface area contributed by atoms with Gasteiger partial charge in [0, 0.05) is 22.7 Å². The molecule has 1 N–H and O–H groups in total. The average molecular weight is 454 g/mol. The minimum Gasteiger partial charge on any atom is -0.356 e. The fraction of sp³-hybridized carbons (Fsp3) is 0.304. The van der Waals surface area contributed by atoms with Crippen LogP contribution in [0.4, 0.5) is 0 Å². The summed E-state index contributed by atoms with van der Waals surface area (Å²) in [5, 5.41) is 6.76. The number of para-hydroxylation sites is 1. The second-order valence-corrected chi connectivity index (χ2v) is 8.13. The van der Waals surface area contributed by atoms with Crippen LogP contribution in [0, 0.1) is 4.91 Å². The number of amides is 1. The first-order chi connectivity index (χ1) is 15.6. The number of carbonyl (C=O) groups excluding carboxylic acids is 1. The van der Waals surface area contributed by atoms with E-state index in [4.69, 9.17) is 4.52 Å². The van der Waals surface area contributed by atoms with Gasteiger partial charge in [-0.15, -0.1) is 9.05 Å². The second-order valence-electron chi connectivity index (χ2n) is 7.06. The van der Waals surface area contributed by atoms with Crippen LogP contribution in [-0.4, -0.2) is 37.7 Å². The molecule has 0 spiro atoms. The molecule has 2 aromatic carbocycles. The molecule has 0 saturated carbocycles. The molecule has 1 heterocycles. The zero-order valence-electron chi connectivity index (χ0n) is 17.8. The molecule has 1 unspecified atom stereocenters. The Bertz CT molecular complexity index is 1090. The van der Waals surface area contributed by atoms with Gasteiger partial charge in [-0.05, 0) is 35.1 Å². The van der Waals surface area contributed by atoms with Gasteiger partial charge in [-0.2, -0.15) is 4.91 Å². The summed E-state index contributed by atoms with van der Waals surface area (Å²) in [4.78, 5) is 27.8. The lowest BCUT2D eigenvalue weighted by molar-refractivity contribution is -0.120. The van der Waals surface area contributed by atoms with E-state index in [1.54, 1.807) is 6.20 Å². The van der Waals surface area contributed by atoms with E-state index < -0.39 is 8.25 Å². The van der Waals surface area contributed by atoms with Crippen molar-refractivity contribution in [2.75, 3.05) is 26.8 Å². The van der Waals surface area contributed by atoms with Crippen LogP contribution >= 0.6 is 8.25 Å². The lowest BCUT2D eigenvalue weighted by Crippen LogP contribution is -2.27. The van der Waals surface area contributed by atoms with E-state index in [9.17, 15) is 14.3 Å². The Labute approximate surface area is 187 Å². The summed E-state index contributed by atoms with van der Waals surface area (Å²) in [6.07, 6.45) is 2.93. The summed E-state index contributed by atoms with van der Waals surface area (Å²) >= 11 is 0. The molecule has 0 saturated heterocycles. The summed E-state index contributed by atoms with van der Waals surface area (Å²) in [5.74, 6) is -0.138. The van der Waals surface area contributed by atoms with Crippen molar-refractivity contribution in [3.8, 4) is 11.1 Å². The molecular formula is C23H25N3O5P+. The Balaban J connectivity index is 1.82. The standard InChI is InChI=1S/C23H24N3O5P/c1-30-32(29)31-14-6-12-24-21(27)15-19-16-25-23-18(11-13-26-28)9-5-10-20(23)22(19)17-7-3-2-4-8-17/h2-5,7-10,16H,6,11-15H2,1H3/p+1. The highest BCUT2D eigenvalue weighted by molar-refractivity contribution is 7.33. The average Bonchev–Trinajstić information content (AvgIpc) is 2.82. The van der Waals surface area contributed by atoms with Gasteiger partial charge in [0.1, 0.15) is 6.61 Å². The maximum atomic E-state index is 12.6. The summed E-state index contributed by atoms with van der Waals surface area (Å²) in [6.45, 7) is 0.818. The van der Waals surface area contributed by atoms with Crippen molar-refractivity contribution in [3.63, 3.8) is 0 Å². The SMILES string of the molecule is CO[P+](=O)OCCCNC(=O)Cc1cnc2c(CCN=O)cccc2c1-c1ccccc1. The highest BCUT2D eigenvalue weighted by atomic mass is 31.1. The van der Waals surface area contributed by atoms with Crippen LogP contribution in [0.2, 0.25) is 0 Å². The number of pyridine rings is 1. The van der Waals surface area contributed by atoms with E-state index >= 15 is 0 Å². The molecule has 1 amide bonds. The molecular weight excluding hydrogens is 429 g/mol. The smallest absolute Gasteiger partial charge is 0.356 e. The van der Waals surface area contributed by atoms with E-state index in [-0.39, 0.29) is 25.5 Å². The normalized spacial score (nSPS) is 11.3. The van der Waals surface area contributed by atoms with Gasteiger partial charge in [0.05, 0.1) is 25.6 Å². The van der Waals surface area contributed by atoms with E-state index in [1.807, 2.05) is 48.5 Å². The zero-order chi connectivity index (χ0) is 22.8. The highest BCUT2D eigenvalue weighted by Gasteiger charge is 2.17. The molecule has 0 aliphatic carbocycles. The number of nitroso groups, excluding NO2 is 1. The fourth-order valence-corrected chi connectivity index (χ4v) is 3.88. The molecule has 166 valence electrons. The maximum absolute atomic E-state index is 12.6. The van der Waals surface area contributed by atoms with Gasteiger partial charge in [0.25, 0.3) is 0 Å². The van der Waals surface area contributed by atoms with Crippen molar-refractivity contribution in [2.24, 2.45) is 5.18 Å². The number of aromatic nitrogens is 1. The minimum atomic E-state index is -2.10. The first-order valence-corrected chi connectivity index (χ1v) is 11.4. The lowest BCUT2D eigenvalue weighted by atomic mass is 9.93. The Kier molecular flexibility index (Phi) is 8.92. The monoisotopic (exact) mass is 454 g/mol. The Morgan fingerprint density at radius 3 is 2.69 bits per heavy atom. The van der Waals surface area contributed by atoms with E-state index in [0.29, 0.717) is 19.4 Å². The molecule has 32 heavy (non-hydrogen) atoms. The van der Waals surface area contributed by atoms with Crippen LogP contribution in [-0.2, 0) is 31.2 Å². The number of hydrogen-bond donors (Lipinski definition) is 1. The van der Waals surface area contributed by atoms with Crippen LogP contribution in [0.25, 0.3) is 22.0 Å². The van der Waals surface area contributed by atoms with E-state index in [1.165, 1.54) is 7.11 Å². The number of nitrogens with zero attached hydrogens (tertiary/aromatic N) is 2. The molecule has 0 aliphatic rings. The lowest BCUT2D eigenvalue weighted by Gasteiger charge is -2.15. The number of carbonyl (C=O) groups is 1. The number of rotatable bonds is 12. The van der Waals surface area contributed by atoms with Crippen LogP contribution in [0.3, 0.4) is 0 Å². The third-order valence-corrected chi connectivity index (χ3v) is 5.63. The van der Waals surface area contributed by atoms with Crippen molar-refractivity contribution in [3.05, 3.63) is 70.8 Å². The molecule has 0 fully saturated rings. The molecule has 1 atom stereocenters. The number of nitrogens with one attached hydrogen (secondary N) is 1. The van der Waals surface area contributed by atoms with Gasteiger partial charge in [-0.1, -0.05) is 53.7 Å². The van der Waals surface area contributed by atoms with Crippen molar-refractivity contribution in [2.45, 2.75) is 19.3 Å². The maximum Gasteiger partial charge on any atom is 0.697 e. The first kappa shape index (κ1) is 23.6. The number of fused-ring (bicyclic) bond motifs is 1. The summed E-state index contributed by atoms with van der Waals surface area (Å²) < 4.78 is 20.6. The van der Waals surface area contributed by atoms with Gasteiger partial charge >= 0.3 is 8.25 Å². The molecule has 8 nitrogen and oxygen atoms in total. The summed E-state index contributed by atoms with van der Waals surface area (Å²) in [5.41, 5.74) is 4.51. The Morgan fingerprint density at radius 1 is 1.12 bits per heavy atom. The molecule has 3 rings (SSSR count). The molecule has 3 aromatic rings. The molecule has 9 heteroatoms. The fourth-order valence-electron chi connectivity index (χ4n) is 3.50. The third-order valence-electron chi connectivity index (χ3n) is 4.93. The molecule has 0 radical (unpaired) electrons. The predicted octanol–water partition coefficient (Wildman–Crippen LogP) is 4.58. The second kappa shape index (κ2) is 12.1. The quantitative estimate of drug-likeness (QED) is 0.244. The molecule has 1 aromatic heterocycles. The van der Waals surface area contributed by atoms with Gasteiger partial charge in [-0.25, -0.2) is 0 Å². The Morgan fingerprint density at radius 2 is 1.94 bits per heavy atom. The molecule has 0 aliphatic heterocycles. The van der Waals surface area contributed by atoms with Crippen LogP contribution in [0.15, 0.2) is 59.9 Å². The number of benzene rings is 2. The van der Waals surface area contributed by atoms with E-state index in [2.05, 4.69) is 20.0 Å². The third kappa shape index (κ3) is 6.23. The van der Waals surface area contributed by atoms with Crippen molar-refractivity contribution < 1.29 is 18.4 Å². The van der Waals surface area contributed by atoms with Crippen LogP contribution < -0.4 is 5.32 Å². The van der Waals surface area contributed by atoms with Crippen LogP contribution in [0.1, 0.15) is 17.5 Å². The van der Waals surface area contributed by atoms with Gasteiger partial charge in [0.2, 0.25) is 5.91 Å². The predicted molar refractivity (Wildman–Crippen MR) is 123 cm³/mol. The summed E-state index contributed by atoms with van der Waals surface area (Å²) in [6, 6.07) is 15.7. The highest BCUT2D eigenvalue weighted by Crippen LogP contribution is 2.33. The molecule has 0 bridgehead atoms. The van der Waals surface area contributed by atoms with Crippen molar-refractivity contribution in [1.29, 1.82) is 0 Å².